The number of fused-ring (bicyclic) bond motifs is 2. The van der Waals surface area contributed by atoms with Crippen LogP contribution in [0.25, 0.3) is 10.2 Å². The first kappa shape index (κ1) is 23.4. The van der Waals surface area contributed by atoms with Crippen molar-refractivity contribution in [2.24, 2.45) is 0 Å². The van der Waals surface area contributed by atoms with Crippen LogP contribution in [-0.4, -0.2) is 44.0 Å². The van der Waals surface area contributed by atoms with Crippen LogP contribution in [0.2, 0.25) is 0 Å². The van der Waals surface area contributed by atoms with E-state index in [1.807, 2.05) is 34.6 Å². The Hall–Kier alpha value is -2.79. The molecule has 2 N–H and O–H groups in total. The van der Waals surface area contributed by atoms with E-state index < -0.39 is 5.60 Å². The molecule has 0 aliphatic carbocycles. The van der Waals surface area contributed by atoms with E-state index >= 15 is 0 Å². The van der Waals surface area contributed by atoms with Gasteiger partial charge in [0.15, 0.2) is 5.13 Å². The number of nitrogens with one attached hydrogen (secondary N) is 2. The lowest BCUT2D eigenvalue weighted by Gasteiger charge is -2.29. The molecule has 33 heavy (non-hydrogen) atoms. The topological polar surface area (TPSA) is 117 Å². The zero-order valence-corrected chi connectivity index (χ0v) is 21.0. The third-order valence-electron chi connectivity index (χ3n) is 5.31. The van der Waals surface area contributed by atoms with Crippen LogP contribution in [0.4, 0.5) is 9.93 Å². The van der Waals surface area contributed by atoms with Gasteiger partial charge >= 0.3 is 6.09 Å². The number of aromatic nitrogens is 3. The Balaban J connectivity index is 1.36. The van der Waals surface area contributed by atoms with Crippen LogP contribution in [-0.2, 0) is 28.9 Å². The molecule has 0 spiro atoms. The first-order valence-corrected chi connectivity index (χ1v) is 12.4. The fourth-order valence-corrected chi connectivity index (χ4v) is 5.65. The minimum atomic E-state index is -0.547. The Morgan fingerprint density at radius 2 is 1.97 bits per heavy atom. The molecule has 3 aromatic heterocycles. The van der Waals surface area contributed by atoms with Crippen molar-refractivity contribution in [3.05, 3.63) is 37.2 Å². The van der Waals surface area contributed by atoms with Gasteiger partial charge in [-0.05, 0) is 40.2 Å². The molecule has 1 aliphatic heterocycles. The summed E-state index contributed by atoms with van der Waals surface area (Å²) in [5.74, 6) is 0.293. The molecule has 0 atom stereocenters. The van der Waals surface area contributed by atoms with Crippen molar-refractivity contribution >= 4 is 50.0 Å². The van der Waals surface area contributed by atoms with Gasteiger partial charge in [0, 0.05) is 35.6 Å². The number of nitrogens with zero attached hydrogens (tertiary/aromatic N) is 3. The summed E-state index contributed by atoms with van der Waals surface area (Å²) in [6.07, 6.45) is 0.768. The molecule has 0 saturated heterocycles. The Morgan fingerprint density at radius 1 is 1.21 bits per heavy atom. The first-order chi connectivity index (χ1) is 15.5. The molecule has 0 bridgehead atoms. The molecule has 4 rings (SSSR count). The van der Waals surface area contributed by atoms with E-state index in [2.05, 4.69) is 20.3 Å². The van der Waals surface area contributed by atoms with E-state index in [-0.39, 0.29) is 24.0 Å². The zero-order valence-electron chi connectivity index (χ0n) is 19.3. The molecule has 11 heteroatoms. The molecule has 1 aliphatic rings. The van der Waals surface area contributed by atoms with Gasteiger partial charge in [-0.15, -0.1) is 11.3 Å². The van der Waals surface area contributed by atoms with Gasteiger partial charge in [0.25, 0.3) is 5.56 Å². The van der Waals surface area contributed by atoms with Crippen LogP contribution in [0.3, 0.4) is 0 Å². The molecule has 0 unspecified atom stereocenters. The summed E-state index contributed by atoms with van der Waals surface area (Å²) in [4.78, 5) is 53.4. The average Bonchev–Trinajstić information content (AvgIpc) is 3.24. The van der Waals surface area contributed by atoms with Crippen LogP contribution >= 0.6 is 22.7 Å². The van der Waals surface area contributed by atoms with Crippen LogP contribution in [0.1, 0.15) is 54.0 Å². The summed E-state index contributed by atoms with van der Waals surface area (Å²) in [7, 11) is 0. The predicted octanol–water partition coefficient (Wildman–Crippen LogP) is 3.92. The van der Waals surface area contributed by atoms with Gasteiger partial charge in [0.2, 0.25) is 5.91 Å². The number of carbonyl (C=O) groups excluding carboxylic acids is 2. The monoisotopic (exact) mass is 489 g/mol. The van der Waals surface area contributed by atoms with Crippen molar-refractivity contribution in [1.29, 1.82) is 0 Å². The minimum absolute atomic E-state index is 0.167. The number of anilines is 1. The molecule has 176 valence electrons. The van der Waals surface area contributed by atoms with Gasteiger partial charge in [-0.2, -0.15) is 0 Å². The third kappa shape index (κ3) is 5.25. The third-order valence-corrected chi connectivity index (χ3v) is 7.41. The Morgan fingerprint density at radius 3 is 2.70 bits per heavy atom. The number of carbonyl (C=O) groups is 2. The molecular formula is C22H27N5O4S2. The Labute approximate surface area is 199 Å². The SMILES string of the molecule is Cc1sc2nc(CCC(=O)Nc3nc4c(s3)CN(C(=O)OC(C)(C)C)CC4)[nH]c(=O)c2c1C. The van der Waals surface area contributed by atoms with Gasteiger partial charge in [-0.25, -0.2) is 14.8 Å². The zero-order chi connectivity index (χ0) is 23.9. The van der Waals surface area contributed by atoms with Crippen molar-refractivity contribution in [1.82, 2.24) is 19.9 Å². The summed E-state index contributed by atoms with van der Waals surface area (Å²) in [6.45, 7) is 10.4. The number of hydrogen-bond acceptors (Lipinski definition) is 8. The molecular weight excluding hydrogens is 462 g/mol. The van der Waals surface area contributed by atoms with Crippen molar-refractivity contribution in [2.45, 2.75) is 66.0 Å². The molecule has 0 aromatic carbocycles. The maximum Gasteiger partial charge on any atom is 0.410 e. The highest BCUT2D eigenvalue weighted by atomic mass is 32.1. The lowest BCUT2D eigenvalue weighted by Crippen LogP contribution is -2.39. The number of hydrogen-bond donors (Lipinski definition) is 2. The molecule has 2 amide bonds. The van der Waals surface area contributed by atoms with Crippen molar-refractivity contribution < 1.29 is 14.3 Å². The molecule has 3 aromatic rings. The highest BCUT2D eigenvalue weighted by molar-refractivity contribution is 7.18. The second kappa shape index (κ2) is 8.86. The Kier molecular flexibility index (Phi) is 6.28. The fraction of sp³-hybridized carbons (Fsp3) is 0.500. The number of rotatable bonds is 4. The molecule has 0 fully saturated rings. The van der Waals surface area contributed by atoms with E-state index in [0.717, 1.165) is 21.0 Å². The average molecular weight is 490 g/mol. The normalized spacial score (nSPS) is 13.8. The summed E-state index contributed by atoms with van der Waals surface area (Å²) < 4.78 is 5.45. The number of H-pyrrole nitrogens is 1. The maximum absolute atomic E-state index is 12.5. The highest BCUT2D eigenvalue weighted by Gasteiger charge is 2.28. The van der Waals surface area contributed by atoms with Crippen LogP contribution in [0.15, 0.2) is 4.79 Å². The van der Waals surface area contributed by atoms with Gasteiger partial charge in [-0.1, -0.05) is 11.3 Å². The number of ether oxygens (including phenoxy) is 1. The number of thiophene rings is 1. The largest absolute Gasteiger partial charge is 0.444 e. The van der Waals surface area contributed by atoms with E-state index in [9.17, 15) is 14.4 Å². The highest BCUT2D eigenvalue weighted by Crippen LogP contribution is 2.29. The Bertz CT molecular complexity index is 1280. The van der Waals surface area contributed by atoms with E-state index in [0.29, 0.717) is 47.1 Å². The standard InChI is InChI=1S/C22H27N5O4S2/c1-11-12(2)32-19-17(11)18(29)24-15(25-19)6-7-16(28)26-20-23-13-8-9-27(10-14(13)33-20)21(30)31-22(3,4)5/h6-10H2,1-5H3,(H,23,26,28)(H,24,25,29). The summed E-state index contributed by atoms with van der Waals surface area (Å²) >= 11 is 2.86. The molecule has 0 radical (unpaired) electrons. The van der Waals surface area contributed by atoms with Crippen LogP contribution < -0.4 is 10.9 Å². The van der Waals surface area contributed by atoms with Crippen LogP contribution in [0.5, 0.6) is 0 Å². The molecule has 0 saturated carbocycles. The minimum Gasteiger partial charge on any atom is -0.444 e. The number of thiazole rings is 1. The summed E-state index contributed by atoms with van der Waals surface area (Å²) in [5, 5.41) is 3.97. The maximum atomic E-state index is 12.5. The van der Waals surface area contributed by atoms with E-state index in [1.54, 1.807) is 4.90 Å². The second-order valence-electron chi connectivity index (χ2n) is 9.06. The van der Waals surface area contributed by atoms with Crippen LogP contribution in [0, 0.1) is 13.8 Å². The van der Waals surface area contributed by atoms with E-state index in [4.69, 9.17) is 4.74 Å². The number of amides is 2. The second-order valence-corrected chi connectivity index (χ2v) is 11.4. The number of aryl methyl sites for hydroxylation is 3. The smallest absolute Gasteiger partial charge is 0.410 e. The summed E-state index contributed by atoms with van der Waals surface area (Å²) in [6, 6.07) is 0. The van der Waals surface area contributed by atoms with E-state index in [1.165, 1.54) is 22.7 Å². The van der Waals surface area contributed by atoms with Gasteiger partial charge in [0.1, 0.15) is 16.3 Å². The van der Waals surface area contributed by atoms with Crippen molar-refractivity contribution in [3.8, 4) is 0 Å². The first-order valence-electron chi connectivity index (χ1n) is 10.8. The lowest BCUT2D eigenvalue weighted by molar-refractivity contribution is -0.116. The van der Waals surface area contributed by atoms with Gasteiger partial charge < -0.3 is 19.9 Å². The lowest BCUT2D eigenvalue weighted by atomic mass is 10.2. The quantitative estimate of drug-likeness (QED) is 0.574. The van der Waals surface area contributed by atoms with Gasteiger partial charge in [0.05, 0.1) is 17.6 Å². The van der Waals surface area contributed by atoms with Crippen molar-refractivity contribution in [2.75, 3.05) is 11.9 Å². The molecule has 4 heterocycles. The number of aromatic amines is 1. The molecule has 9 nitrogen and oxygen atoms in total. The van der Waals surface area contributed by atoms with Crippen molar-refractivity contribution in [3.63, 3.8) is 0 Å². The van der Waals surface area contributed by atoms with Gasteiger partial charge in [-0.3, -0.25) is 9.59 Å². The fourth-order valence-electron chi connectivity index (χ4n) is 3.56. The predicted molar refractivity (Wildman–Crippen MR) is 129 cm³/mol. The summed E-state index contributed by atoms with van der Waals surface area (Å²) in [5.41, 5.74) is 1.13.